The van der Waals surface area contributed by atoms with Crippen LogP contribution in [0.15, 0.2) is 54.6 Å². The molecule has 2 amide bonds. The van der Waals surface area contributed by atoms with Gasteiger partial charge in [0, 0.05) is 37.9 Å². The van der Waals surface area contributed by atoms with Crippen molar-refractivity contribution < 1.29 is 24.3 Å². The fourth-order valence-electron chi connectivity index (χ4n) is 5.90. The Kier molecular flexibility index (Phi) is 9.51. The van der Waals surface area contributed by atoms with Crippen LogP contribution in [0.2, 0.25) is 0 Å². The lowest BCUT2D eigenvalue weighted by molar-refractivity contribution is -0.152. The van der Waals surface area contributed by atoms with E-state index < -0.39 is 24.0 Å². The molecule has 0 radical (unpaired) electrons. The second kappa shape index (κ2) is 13.0. The Morgan fingerprint density at radius 1 is 0.846 bits per heavy atom. The van der Waals surface area contributed by atoms with Gasteiger partial charge in [-0.25, -0.2) is 4.79 Å². The molecule has 2 aromatic rings. The van der Waals surface area contributed by atoms with E-state index in [2.05, 4.69) is 0 Å². The van der Waals surface area contributed by atoms with Crippen LogP contribution in [-0.4, -0.2) is 69.7 Å². The Morgan fingerprint density at radius 2 is 1.46 bits per heavy atom. The van der Waals surface area contributed by atoms with Crippen LogP contribution in [-0.2, 0) is 32.0 Å². The molecule has 0 spiro atoms. The topological polar surface area (TPSA) is 121 Å². The van der Waals surface area contributed by atoms with Crippen molar-refractivity contribution in [2.45, 2.75) is 76.4 Å². The van der Waals surface area contributed by atoms with Gasteiger partial charge < -0.3 is 20.6 Å². The average Bonchev–Trinajstić information content (AvgIpc) is 3.60. The van der Waals surface area contributed by atoms with Crippen molar-refractivity contribution in [1.82, 2.24) is 9.80 Å². The highest BCUT2D eigenvalue weighted by molar-refractivity contribution is 5.93. The van der Waals surface area contributed by atoms with Gasteiger partial charge in [0.15, 0.2) is 0 Å². The number of ketones is 1. The standard InChI is InChI=1S/C31H39N3O5/c1-21-11-13-23(14-12-21)17-24(19-26(35)20-25(32)18-22-7-3-2-4-8-22)29(36)33-15-5-9-27(33)30(37)34-16-6-10-28(34)31(38)39/h2-4,7-8,11-14,24-25,27-28H,5-6,9-10,15-20,32H2,1H3,(H,38,39). The number of aryl methyl sites for hydroxylation is 1. The number of benzene rings is 2. The van der Waals surface area contributed by atoms with E-state index in [1.54, 1.807) is 4.90 Å². The minimum atomic E-state index is -1.01. The fourth-order valence-corrected chi connectivity index (χ4v) is 5.90. The maximum atomic E-state index is 13.9. The third-order valence-corrected chi connectivity index (χ3v) is 7.90. The van der Waals surface area contributed by atoms with Crippen molar-refractivity contribution in [2.75, 3.05) is 13.1 Å². The molecule has 3 N–H and O–H groups in total. The number of carboxylic acid groups (broad SMARTS) is 1. The van der Waals surface area contributed by atoms with E-state index in [9.17, 15) is 24.3 Å². The van der Waals surface area contributed by atoms with Crippen LogP contribution < -0.4 is 5.73 Å². The predicted octanol–water partition coefficient (Wildman–Crippen LogP) is 3.14. The van der Waals surface area contributed by atoms with E-state index in [4.69, 9.17) is 5.73 Å². The van der Waals surface area contributed by atoms with Crippen molar-refractivity contribution >= 4 is 23.6 Å². The molecule has 4 atom stereocenters. The minimum absolute atomic E-state index is 0.0497. The first-order chi connectivity index (χ1) is 18.7. The number of hydrogen-bond donors (Lipinski definition) is 2. The number of amides is 2. The fraction of sp³-hybridized carbons (Fsp3) is 0.484. The number of nitrogens with two attached hydrogens (primary N) is 1. The minimum Gasteiger partial charge on any atom is -0.480 e. The van der Waals surface area contributed by atoms with Crippen LogP contribution in [0.1, 0.15) is 55.2 Å². The molecule has 0 saturated carbocycles. The van der Waals surface area contributed by atoms with Crippen molar-refractivity contribution in [3.05, 3.63) is 71.3 Å². The second-order valence-corrected chi connectivity index (χ2v) is 11.0. The van der Waals surface area contributed by atoms with E-state index in [1.165, 1.54) is 4.90 Å². The molecule has 0 aromatic heterocycles. The Balaban J connectivity index is 1.48. The van der Waals surface area contributed by atoms with Gasteiger partial charge in [-0.15, -0.1) is 0 Å². The lowest BCUT2D eigenvalue weighted by atomic mass is 9.90. The van der Waals surface area contributed by atoms with E-state index in [0.29, 0.717) is 51.6 Å². The second-order valence-electron chi connectivity index (χ2n) is 11.0. The van der Waals surface area contributed by atoms with E-state index >= 15 is 0 Å². The van der Waals surface area contributed by atoms with Crippen molar-refractivity contribution in [3.63, 3.8) is 0 Å². The Hall–Kier alpha value is -3.52. The number of Topliss-reactive ketones (excluding diaryl/α,β-unsaturated/α-hetero) is 1. The molecule has 2 aromatic carbocycles. The maximum Gasteiger partial charge on any atom is 0.326 e. The van der Waals surface area contributed by atoms with Crippen molar-refractivity contribution in [3.8, 4) is 0 Å². The highest BCUT2D eigenvalue weighted by Gasteiger charge is 2.43. The third-order valence-electron chi connectivity index (χ3n) is 7.90. The third kappa shape index (κ3) is 7.32. The largest absolute Gasteiger partial charge is 0.480 e. The molecule has 2 heterocycles. The number of carbonyl (C=O) groups excluding carboxylic acids is 3. The number of aliphatic carboxylic acids is 1. The summed E-state index contributed by atoms with van der Waals surface area (Å²) in [5.74, 6) is -2.22. The maximum absolute atomic E-state index is 13.9. The van der Waals surface area contributed by atoms with Crippen LogP contribution in [0.5, 0.6) is 0 Å². The molecule has 0 aliphatic carbocycles. The number of carbonyl (C=O) groups is 4. The normalized spacial score (nSPS) is 20.6. The monoisotopic (exact) mass is 533 g/mol. The SMILES string of the molecule is Cc1ccc(CC(CC(=O)CC(N)Cc2ccccc2)C(=O)N2CCCC2C(=O)N2CCCC2C(=O)O)cc1. The summed E-state index contributed by atoms with van der Waals surface area (Å²) in [7, 11) is 0. The molecule has 2 fully saturated rings. The molecule has 4 rings (SSSR count). The smallest absolute Gasteiger partial charge is 0.326 e. The summed E-state index contributed by atoms with van der Waals surface area (Å²) in [6, 6.07) is 15.8. The molecule has 0 bridgehead atoms. The lowest BCUT2D eigenvalue weighted by Gasteiger charge is -2.32. The van der Waals surface area contributed by atoms with Crippen LogP contribution in [0, 0.1) is 12.8 Å². The van der Waals surface area contributed by atoms with Gasteiger partial charge in [0.25, 0.3) is 0 Å². The summed E-state index contributed by atoms with van der Waals surface area (Å²) in [5.41, 5.74) is 9.42. The van der Waals surface area contributed by atoms with Crippen LogP contribution in [0.3, 0.4) is 0 Å². The number of likely N-dealkylation sites (tertiary alicyclic amines) is 2. The first-order valence-corrected chi connectivity index (χ1v) is 13.9. The molecule has 208 valence electrons. The zero-order valence-electron chi connectivity index (χ0n) is 22.6. The predicted molar refractivity (Wildman–Crippen MR) is 148 cm³/mol. The van der Waals surface area contributed by atoms with Gasteiger partial charge in [-0.05, 0) is 56.6 Å². The first kappa shape index (κ1) is 28.5. The molecular weight excluding hydrogens is 494 g/mol. The molecule has 8 heteroatoms. The van der Waals surface area contributed by atoms with Crippen LogP contribution in [0.4, 0.5) is 0 Å². The molecular formula is C31H39N3O5. The molecule has 2 aliphatic rings. The number of hydrogen-bond acceptors (Lipinski definition) is 5. The summed E-state index contributed by atoms with van der Waals surface area (Å²) < 4.78 is 0. The zero-order chi connectivity index (χ0) is 27.9. The van der Waals surface area contributed by atoms with Crippen molar-refractivity contribution in [1.29, 1.82) is 0 Å². The quantitative estimate of drug-likeness (QED) is 0.458. The molecule has 4 unspecified atom stereocenters. The highest BCUT2D eigenvalue weighted by Crippen LogP contribution is 2.28. The Bertz CT molecular complexity index is 1170. The van der Waals surface area contributed by atoms with E-state index in [-0.39, 0.29) is 36.5 Å². The summed E-state index contributed by atoms with van der Waals surface area (Å²) in [5, 5.41) is 9.56. The van der Waals surface area contributed by atoms with Gasteiger partial charge in [-0.1, -0.05) is 60.2 Å². The first-order valence-electron chi connectivity index (χ1n) is 13.9. The molecule has 2 aliphatic heterocycles. The van der Waals surface area contributed by atoms with Crippen LogP contribution in [0.25, 0.3) is 0 Å². The van der Waals surface area contributed by atoms with Gasteiger partial charge in [0.2, 0.25) is 11.8 Å². The Labute approximate surface area is 230 Å². The molecule has 2 saturated heterocycles. The molecule has 39 heavy (non-hydrogen) atoms. The molecule has 8 nitrogen and oxygen atoms in total. The number of rotatable bonds is 11. The summed E-state index contributed by atoms with van der Waals surface area (Å²) in [6.45, 7) is 2.80. The van der Waals surface area contributed by atoms with Gasteiger partial charge in [-0.3, -0.25) is 14.4 Å². The summed E-state index contributed by atoms with van der Waals surface area (Å²) in [6.07, 6.45) is 3.41. The highest BCUT2D eigenvalue weighted by atomic mass is 16.4. The van der Waals surface area contributed by atoms with Crippen LogP contribution >= 0.6 is 0 Å². The Morgan fingerprint density at radius 3 is 2.13 bits per heavy atom. The average molecular weight is 534 g/mol. The lowest BCUT2D eigenvalue weighted by Crippen LogP contribution is -2.52. The van der Waals surface area contributed by atoms with E-state index in [0.717, 1.165) is 16.7 Å². The van der Waals surface area contributed by atoms with Gasteiger partial charge in [-0.2, -0.15) is 0 Å². The van der Waals surface area contributed by atoms with Gasteiger partial charge in [0.1, 0.15) is 17.9 Å². The number of nitrogens with zero attached hydrogens (tertiary/aromatic N) is 2. The van der Waals surface area contributed by atoms with Crippen molar-refractivity contribution in [2.24, 2.45) is 11.7 Å². The number of carboxylic acids is 1. The van der Waals surface area contributed by atoms with Gasteiger partial charge in [0.05, 0.1) is 0 Å². The van der Waals surface area contributed by atoms with E-state index in [1.807, 2.05) is 61.5 Å². The summed E-state index contributed by atoms with van der Waals surface area (Å²) >= 11 is 0. The zero-order valence-corrected chi connectivity index (χ0v) is 22.6. The summed E-state index contributed by atoms with van der Waals surface area (Å²) in [4.78, 5) is 55.2. The van der Waals surface area contributed by atoms with Gasteiger partial charge >= 0.3 is 5.97 Å².